The average Bonchev–Trinajstić information content (AvgIpc) is 2.58. The largest absolute Gasteiger partial charge is 0.481 e. The maximum atomic E-state index is 12.0. The number of rotatable bonds is 8. The van der Waals surface area contributed by atoms with Crippen molar-refractivity contribution in [1.29, 1.82) is 0 Å². The zero-order chi connectivity index (χ0) is 17.4. The van der Waals surface area contributed by atoms with Gasteiger partial charge in [-0.3, -0.25) is 4.79 Å². The Kier molecular flexibility index (Phi) is 7.95. The molecule has 1 N–H and O–H groups in total. The molecular weight excluding hydrogens is 410 g/mol. The van der Waals surface area contributed by atoms with Crippen molar-refractivity contribution in [3.05, 3.63) is 63.6 Å². The van der Waals surface area contributed by atoms with Gasteiger partial charge in [0.1, 0.15) is 5.75 Å². The van der Waals surface area contributed by atoms with Crippen molar-refractivity contribution < 1.29 is 9.53 Å². The second kappa shape index (κ2) is 9.97. The van der Waals surface area contributed by atoms with Crippen molar-refractivity contribution in [1.82, 2.24) is 5.32 Å². The molecule has 0 aromatic heterocycles. The Morgan fingerprint density at radius 3 is 2.54 bits per heavy atom. The van der Waals surface area contributed by atoms with E-state index in [1.54, 1.807) is 18.7 Å². The zero-order valence-electron chi connectivity index (χ0n) is 13.3. The number of carbonyl (C=O) groups excluding carboxylic acids is 1. The van der Waals surface area contributed by atoms with Crippen molar-refractivity contribution in [3.63, 3.8) is 0 Å². The summed E-state index contributed by atoms with van der Waals surface area (Å²) in [5.41, 5.74) is 1.22. The molecule has 2 aromatic rings. The van der Waals surface area contributed by atoms with Crippen LogP contribution in [0.3, 0.4) is 0 Å². The van der Waals surface area contributed by atoms with Crippen LogP contribution in [0.1, 0.15) is 12.5 Å². The number of thioether (sulfide) groups is 1. The van der Waals surface area contributed by atoms with E-state index in [1.165, 1.54) is 5.56 Å². The first-order valence-corrected chi connectivity index (χ1v) is 9.89. The van der Waals surface area contributed by atoms with Crippen LogP contribution in [-0.2, 0) is 10.5 Å². The Labute approximate surface area is 160 Å². The molecule has 6 heteroatoms. The summed E-state index contributed by atoms with van der Waals surface area (Å²) in [7, 11) is 0. The molecule has 24 heavy (non-hydrogen) atoms. The summed E-state index contributed by atoms with van der Waals surface area (Å²) < 4.78 is 6.59. The molecule has 0 radical (unpaired) electrons. The highest BCUT2D eigenvalue weighted by Crippen LogP contribution is 2.17. The third-order valence-electron chi connectivity index (χ3n) is 3.22. The highest BCUT2D eigenvalue weighted by molar-refractivity contribution is 9.10. The summed E-state index contributed by atoms with van der Waals surface area (Å²) in [5, 5.41) is 3.64. The second-order valence-corrected chi connectivity index (χ2v) is 7.64. The van der Waals surface area contributed by atoms with Gasteiger partial charge in [0, 0.05) is 27.5 Å². The molecule has 3 nitrogen and oxygen atoms in total. The fourth-order valence-electron chi connectivity index (χ4n) is 1.93. The summed E-state index contributed by atoms with van der Waals surface area (Å²) in [6.07, 6.45) is -0.521. The van der Waals surface area contributed by atoms with E-state index in [-0.39, 0.29) is 5.91 Å². The minimum absolute atomic E-state index is 0.106. The number of halogens is 2. The fraction of sp³-hybridized carbons (Fsp3) is 0.278. The van der Waals surface area contributed by atoms with Gasteiger partial charge in [0.25, 0.3) is 5.91 Å². The molecule has 0 bridgehead atoms. The molecule has 0 spiro atoms. The minimum Gasteiger partial charge on any atom is -0.481 e. The molecule has 1 atom stereocenters. The summed E-state index contributed by atoms with van der Waals surface area (Å²) in [6, 6.07) is 15.2. The molecule has 0 aliphatic carbocycles. The van der Waals surface area contributed by atoms with Gasteiger partial charge in [-0.1, -0.05) is 39.7 Å². The molecule has 0 unspecified atom stereocenters. The molecule has 128 valence electrons. The number of amides is 1. The van der Waals surface area contributed by atoms with E-state index in [9.17, 15) is 4.79 Å². The lowest BCUT2D eigenvalue weighted by molar-refractivity contribution is -0.127. The summed E-state index contributed by atoms with van der Waals surface area (Å²) in [6.45, 7) is 2.36. The van der Waals surface area contributed by atoms with Crippen LogP contribution in [-0.4, -0.2) is 24.3 Å². The van der Waals surface area contributed by atoms with Crippen LogP contribution in [0, 0.1) is 0 Å². The first kappa shape index (κ1) is 19.2. The van der Waals surface area contributed by atoms with Crippen LogP contribution in [0.5, 0.6) is 5.75 Å². The maximum Gasteiger partial charge on any atom is 0.260 e. The van der Waals surface area contributed by atoms with E-state index in [0.29, 0.717) is 12.3 Å². The Hall–Kier alpha value is -1.17. The smallest absolute Gasteiger partial charge is 0.260 e. The topological polar surface area (TPSA) is 38.3 Å². The van der Waals surface area contributed by atoms with Crippen molar-refractivity contribution in [2.45, 2.75) is 18.8 Å². The first-order valence-electron chi connectivity index (χ1n) is 7.57. The van der Waals surface area contributed by atoms with Gasteiger partial charge in [0.2, 0.25) is 0 Å². The predicted molar refractivity (Wildman–Crippen MR) is 105 cm³/mol. The SMILES string of the molecule is C[C@H](Oc1ccc(Br)cc1)C(=O)NCCSCc1ccc(Cl)cc1. The lowest BCUT2D eigenvalue weighted by atomic mass is 10.2. The van der Waals surface area contributed by atoms with Crippen LogP contribution in [0.15, 0.2) is 53.0 Å². The van der Waals surface area contributed by atoms with Crippen LogP contribution in [0.25, 0.3) is 0 Å². The summed E-state index contributed by atoms with van der Waals surface area (Å²) in [4.78, 5) is 12.0. The van der Waals surface area contributed by atoms with E-state index in [4.69, 9.17) is 16.3 Å². The Bertz CT molecular complexity index is 649. The highest BCUT2D eigenvalue weighted by Gasteiger charge is 2.13. The molecular formula is C18H19BrClNO2S. The van der Waals surface area contributed by atoms with Gasteiger partial charge in [-0.15, -0.1) is 0 Å². The van der Waals surface area contributed by atoms with E-state index in [0.717, 1.165) is 21.0 Å². The lowest BCUT2D eigenvalue weighted by Crippen LogP contribution is -2.37. The second-order valence-electron chi connectivity index (χ2n) is 5.18. The van der Waals surface area contributed by atoms with Gasteiger partial charge in [-0.25, -0.2) is 0 Å². The van der Waals surface area contributed by atoms with Gasteiger partial charge in [0.05, 0.1) is 0 Å². The average molecular weight is 429 g/mol. The zero-order valence-corrected chi connectivity index (χ0v) is 16.5. The molecule has 0 saturated carbocycles. The fourth-order valence-corrected chi connectivity index (χ4v) is 3.14. The van der Waals surface area contributed by atoms with Crippen LogP contribution < -0.4 is 10.1 Å². The van der Waals surface area contributed by atoms with Crippen molar-refractivity contribution in [2.24, 2.45) is 0 Å². The standard InChI is InChI=1S/C18H19BrClNO2S/c1-13(23-17-8-4-15(19)5-9-17)18(22)21-10-11-24-12-14-2-6-16(20)7-3-14/h2-9,13H,10-12H2,1H3,(H,21,22)/t13-/m0/s1. The molecule has 0 fully saturated rings. The van der Waals surface area contributed by atoms with Crippen molar-refractivity contribution >= 4 is 45.2 Å². The van der Waals surface area contributed by atoms with Crippen LogP contribution in [0.2, 0.25) is 5.02 Å². The van der Waals surface area contributed by atoms with Crippen molar-refractivity contribution in [2.75, 3.05) is 12.3 Å². The number of benzene rings is 2. The van der Waals surface area contributed by atoms with Gasteiger partial charge in [-0.05, 0) is 48.9 Å². The van der Waals surface area contributed by atoms with Gasteiger partial charge < -0.3 is 10.1 Å². The van der Waals surface area contributed by atoms with E-state index in [2.05, 4.69) is 21.2 Å². The van der Waals surface area contributed by atoms with Crippen LogP contribution in [0.4, 0.5) is 0 Å². The third kappa shape index (κ3) is 6.75. The molecule has 0 aliphatic heterocycles. The van der Waals surface area contributed by atoms with E-state index >= 15 is 0 Å². The van der Waals surface area contributed by atoms with Gasteiger partial charge >= 0.3 is 0 Å². The number of nitrogens with one attached hydrogen (secondary N) is 1. The molecule has 0 saturated heterocycles. The number of ether oxygens (including phenoxy) is 1. The summed E-state index contributed by atoms with van der Waals surface area (Å²) >= 11 is 11.0. The molecule has 0 aliphatic rings. The quantitative estimate of drug-likeness (QED) is 0.607. The number of hydrogen-bond acceptors (Lipinski definition) is 3. The minimum atomic E-state index is -0.521. The Morgan fingerprint density at radius 2 is 1.88 bits per heavy atom. The molecule has 2 rings (SSSR count). The predicted octanol–water partition coefficient (Wildman–Crippen LogP) is 4.92. The monoisotopic (exact) mass is 427 g/mol. The summed E-state index contributed by atoms with van der Waals surface area (Å²) in [5.74, 6) is 2.32. The first-order chi connectivity index (χ1) is 11.5. The molecule has 0 heterocycles. The normalized spacial score (nSPS) is 11.8. The number of carbonyl (C=O) groups is 1. The van der Waals surface area contributed by atoms with E-state index in [1.807, 2.05) is 48.5 Å². The Balaban J connectivity index is 1.63. The van der Waals surface area contributed by atoms with Gasteiger partial charge in [-0.2, -0.15) is 11.8 Å². The molecule has 1 amide bonds. The highest BCUT2D eigenvalue weighted by atomic mass is 79.9. The van der Waals surface area contributed by atoms with E-state index < -0.39 is 6.10 Å². The maximum absolute atomic E-state index is 12.0. The molecule has 2 aromatic carbocycles. The number of hydrogen-bond donors (Lipinski definition) is 1. The van der Waals surface area contributed by atoms with Gasteiger partial charge in [0.15, 0.2) is 6.10 Å². The Morgan fingerprint density at radius 1 is 1.21 bits per heavy atom. The lowest BCUT2D eigenvalue weighted by Gasteiger charge is -2.14. The third-order valence-corrected chi connectivity index (χ3v) is 5.03. The van der Waals surface area contributed by atoms with Crippen molar-refractivity contribution in [3.8, 4) is 5.75 Å². The van der Waals surface area contributed by atoms with Crippen LogP contribution >= 0.6 is 39.3 Å².